The van der Waals surface area contributed by atoms with Gasteiger partial charge >= 0.3 is 0 Å². The van der Waals surface area contributed by atoms with Crippen LogP contribution in [0.5, 0.6) is 5.75 Å². The van der Waals surface area contributed by atoms with Crippen LogP contribution in [-0.2, 0) is 29.1 Å². The number of nitrogens with one attached hydrogen (secondary N) is 1. The molecule has 1 amide bonds. The fourth-order valence-electron chi connectivity index (χ4n) is 4.03. The number of amides is 1. The van der Waals surface area contributed by atoms with E-state index in [2.05, 4.69) is 70.0 Å². The second-order valence-corrected chi connectivity index (χ2v) is 12.5. The van der Waals surface area contributed by atoms with Crippen LogP contribution in [0.1, 0.15) is 104 Å². The summed E-state index contributed by atoms with van der Waals surface area (Å²) in [6.07, 6.45) is 5.16. The standard InChI is InChI=1S/C31H49N3O3S/c1-10-23-21-27(35)34(9)29(33-23)38-26(11-2)28(36)32-18-14-15-19-37-25-17-16-22(30(5,6)12-3)20-24(25)31(7,8)13-4/h16-17,20-21,26H,10-15,18-19H2,1-9H3,(H,32,36). The molecular formula is C31H49N3O3S. The molecule has 2 aromatic rings. The average Bonchev–Trinajstić information content (AvgIpc) is 2.90. The van der Waals surface area contributed by atoms with E-state index in [0.717, 1.165) is 37.1 Å². The largest absolute Gasteiger partial charge is 0.493 e. The minimum Gasteiger partial charge on any atom is -0.493 e. The number of thioether (sulfide) groups is 1. The van der Waals surface area contributed by atoms with Crippen molar-refractivity contribution in [3.05, 3.63) is 51.4 Å². The summed E-state index contributed by atoms with van der Waals surface area (Å²) >= 11 is 1.36. The Labute approximate surface area is 234 Å². The van der Waals surface area contributed by atoms with E-state index in [4.69, 9.17) is 4.74 Å². The molecule has 0 aliphatic carbocycles. The molecule has 1 aromatic carbocycles. The van der Waals surface area contributed by atoms with Crippen LogP contribution in [0.3, 0.4) is 0 Å². The van der Waals surface area contributed by atoms with Crippen molar-refractivity contribution in [3.63, 3.8) is 0 Å². The molecule has 0 saturated carbocycles. The molecule has 6 nitrogen and oxygen atoms in total. The van der Waals surface area contributed by atoms with E-state index in [0.29, 0.717) is 31.1 Å². The minimum atomic E-state index is -0.291. The fraction of sp³-hybridized carbons (Fsp3) is 0.645. The summed E-state index contributed by atoms with van der Waals surface area (Å²) in [6.45, 7) is 18.8. The number of carbonyl (C=O) groups excluding carboxylic acids is 1. The molecular weight excluding hydrogens is 494 g/mol. The summed E-state index contributed by atoms with van der Waals surface area (Å²) in [5.74, 6) is 0.946. The normalized spacial score (nSPS) is 12.9. The predicted octanol–water partition coefficient (Wildman–Crippen LogP) is 6.56. The maximum absolute atomic E-state index is 12.8. The quantitative estimate of drug-likeness (QED) is 0.156. The van der Waals surface area contributed by atoms with Crippen LogP contribution in [0.25, 0.3) is 0 Å². The number of unbranched alkanes of at least 4 members (excludes halogenated alkanes) is 1. The number of aromatic nitrogens is 2. The molecule has 1 heterocycles. The third kappa shape index (κ3) is 8.36. The Morgan fingerprint density at radius 1 is 1.05 bits per heavy atom. The van der Waals surface area contributed by atoms with E-state index in [1.165, 1.54) is 27.5 Å². The molecule has 1 aromatic heterocycles. The number of hydrogen-bond acceptors (Lipinski definition) is 5. The van der Waals surface area contributed by atoms with Crippen molar-refractivity contribution >= 4 is 17.7 Å². The number of rotatable bonds is 15. The Morgan fingerprint density at radius 2 is 1.74 bits per heavy atom. The van der Waals surface area contributed by atoms with Gasteiger partial charge in [0.1, 0.15) is 5.75 Å². The molecule has 212 valence electrons. The van der Waals surface area contributed by atoms with Crippen molar-refractivity contribution in [3.8, 4) is 5.75 Å². The fourth-order valence-corrected chi connectivity index (χ4v) is 5.06. The second-order valence-electron chi connectivity index (χ2n) is 11.3. The van der Waals surface area contributed by atoms with Crippen LogP contribution < -0.4 is 15.6 Å². The van der Waals surface area contributed by atoms with Crippen LogP contribution in [0.2, 0.25) is 0 Å². The lowest BCUT2D eigenvalue weighted by atomic mass is 9.76. The number of ether oxygens (including phenoxy) is 1. The van der Waals surface area contributed by atoms with Gasteiger partial charge in [-0.1, -0.05) is 79.3 Å². The van der Waals surface area contributed by atoms with Crippen LogP contribution in [-0.4, -0.2) is 33.9 Å². The Bertz CT molecular complexity index is 1120. The highest BCUT2D eigenvalue weighted by atomic mass is 32.2. The van der Waals surface area contributed by atoms with Gasteiger partial charge in [0.05, 0.1) is 11.9 Å². The summed E-state index contributed by atoms with van der Waals surface area (Å²) in [5, 5.41) is 3.36. The Kier molecular flexibility index (Phi) is 11.9. The molecule has 0 spiro atoms. The van der Waals surface area contributed by atoms with Crippen molar-refractivity contribution in [2.75, 3.05) is 13.2 Å². The van der Waals surface area contributed by atoms with Gasteiger partial charge in [-0.15, -0.1) is 0 Å². The van der Waals surface area contributed by atoms with E-state index >= 15 is 0 Å². The lowest BCUT2D eigenvalue weighted by Crippen LogP contribution is -2.34. The molecule has 0 radical (unpaired) electrons. The molecule has 0 saturated heterocycles. The van der Waals surface area contributed by atoms with E-state index in [1.54, 1.807) is 13.1 Å². The van der Waals surface area contributed by atoms with Gasteiger partial charge in [-0.2, -0.15) is 0 Å². The third-order valence-electron chi connectivity index (χ3n) is 7.81. The van der Waals surface area contributed by atoms with Gasteiger partial charge in [0.15, 0.2) is 5.16 Å². The molecule has 1 unspecified atom stereocenters. The van der Waals surface area contributed by atoms with Crippen molar-refractivity contribution < 1.29 is 9.53 Å². The SMILES string of the molecule is CCc1cc(=O)n(C)c(SC(CC)C(=O)NCCCCOc2ccc(C(C)(C)CC)cc2C(C)(C)CC)n1. The summed E-state index contributed by atoms with van der Waals surface area (Å²) in [6, 6.07) is 8.24. The molecule has 0 bridgehead atoms. The third-order valence-corrected chi connectivity index (χ3v) is 9.21. The first-order valence-electron chi connectivity index (χ1n) is 14.2. The van der Waals surface area contributed by atoms with Gasteiger partial charge in [-0.3, -0.25) is 14.2 Å². The number of carbonyl (C=O) groups is 1. The van der Waals surface area contributed by atoms with Crippen LogP contribution in [0.4, 0.5) is 0 Å². The summed E-state index contributed by atoms with van der Waals surface area (Å²) in [4.78, 5) is 29.6. The van der Waals surface area contributed by atoms with Gasteiger partial charge in [-0.25, -0.2) is 4.98 Å². The average molecular weight is 544 g/mol. The first-order chi connectivity index (χ1) is 17.9. The van der Waals surface area contributed by atoms with Crippen molar-refractivity contribution in [2.24, 2.45) is 7.05 Å². The zero-order valence-corrected chi connectivity index (χ0v) is 25.9. The number of hydrogen-bond donors (Lipinski definition) is 1. The van der Waals surface area contributed by atoms with E-state index in [1.807, 2.05) is 13.8 Å². The Hall–Kier alpha value is -2.28. The monoisotopic (exact) mass is 543 g/mol. The lowest BCUT2D eigenvalue weighted by Gasteiger charge is -2.30. The zero-order valence-electron chi connectivity index (χ0n) is 25.1. The predicted molar refractivity (Wildman–Crippen MR) is 160 cm³/mol. The van der Waals surface area contributed by atoms with Crippen LogP contribution in [0, 0.1) is 0 Å². The summed E-state index contributed by atoms with van der Waals surface area (Å²) in [7, 11) is 1.70. The van der Waals surface area contributed by atoms with Crippen molar-refractivity contribution in [2.45, 2.75) is 115 Å². The first-order valence-corrected chi connectivity index (χ1v) is 15.1. The van der Waals surface area contributed by atoms with Gasteiger partial charge in [0.2, 0.25) is 5.91 Å². The van der Waals surface area contributed by atoms with Gasteiger partial charge in [0, 0.05) is 30.9 Å². The molecule has 1 atom stereocenters. The van der Waals surface area contributed by atoms with Gasteiger partial charge in [0.25, 0.3) is 5.56 Å². The van der Waals surface area contributed by atoms with E-state index in [9.17, 15) is 9.59 Å². The molecule has 38 heavy (non-hydrogen) atoms. The van der Waals surface area contributed by atoms with Crippen LogP contribution >= 0.6 is 11.8 Å². The molecule has 0 fully saturated rings. The number of nitrogens with zero attached hydrogens (tertiary/aromatic N) is 2. The number of aryl methyl sites for hydroxylation is 1. The Balaban J connectivity index is 1.92. The molecule has 7 heteroatoms. The smallest absolute Gasteiger partial charge is 0.254 e. The molecule has 0 aliphatic heterocycles. The Morgan fingerprint density at radius 3 is 2.34 bits per heavy atom. The van der Waals surface area contributed by atoms with Crippen molar-refractivity contribution in [1.82, 2.24) is 14.9 Å². The highest BCUT2D eigenvalue weighted by Crippen LogP contribution is 2.38. The highest BCUT2D eigenvalue weighted by Gasteiger charge is 2.26. The summed E-state index contributed by atoms with van der Waals surface area (Å²) < 4.78 is 7.78. The van der Waals surface area contributed by atoms with Gasteiger partial charge < -0.3 is 10.1 Å². The highest BCUT2D eigenvalue weighted by molar-refractivity contribution is 8.00. The molecule has 1 N–H and O–H groups in total. The van der Waals surface area contributed by atoms with Crippen molar-refractivity contribution in [1.29, 1.82) is 0 Å². The number of benzene rings is 1. The first kappa shape index (κ1) is 31.9. The minimum absolute atomic E-state index is 0.0179. The lowest BCUT2D eigenvalue weighted by molar-refractivity contribution is -0.120. The topological polar surface area (TPSA) is 73.2 Å². The van der Waals surface area contributed by atoms with Gasteiger partial charge in [-0.05, 0) is 61.0 Å². The van der Waals surface area contributed by atoms with E-state index < -0.39 is 0 Å². The second kappa shape index (κ2) is 14.2. The zero-order chi connectivity index (χ0) is 28.5. The molecule has 2 rings (SSSR count). The maximum Gasteiger partial charge on any atom is 0.254 e. The summed E-state index contributed by atoms with van der Waals surface area (Å²) in [5.41, 5.74) is 3.44. The maximum atomic E-state index is 12.8. The van der Waals surface area contributed by atoms with E-state index in [-0.39, 0.29) is 27.5 Å². The van der Waals surface area contributed by atoms with Crippen LogP contribution in [0.15, 0.2) is 34.2 Å². The molecule has 0 aliphatic rings.